The summed E-state index contributed by atoms with van der Waals surface area (Å²) in [6.07, 6.45) is -3.73. The molecule has 0 aliphatic carbocycles. The Balaban J connectivity index is 1.81. The number of aromatic nitrogens is 2. The first-order chi connectivity index (χ1) is 13.8. The maximum atomic E-state index is 12.7. The van der Waals surface area contributed by atoms with E-state index >= 15 is 0 Å². The number of carbonyl (C=O) groups excluding carboxylic acids is 1. The lowest BCUT2D eigenvalue weighted by Crippen LogP contribution is -2.32. The molecule has 2 aromatic carbocycles. The van der Waals surface area contributed by atoms with Gasteiger partial charge in [-0.2, -0.15) is 18.2 Å². The molecular formula is C21H20F3N3O2. The molecule has 0 aliphatic rings. The Morgan fingerprint density at radius 3 is 2.34 bits per heavy atom. The molecule has 152 valence electrons. The van der Waals surface area contributed by atoms with E-state index in [0.717, 1.165) is 36.2 Å². The highest BCUT2D eigenvalue weighted by atomic mass is 19.4. The van der Waals surface area contributed by atoms with Gasteiger partial charge in [-0.3, -0.25) is 4.79 Å². The third-order valence-corrected chi connectivity index (χ3v) is 4.71. The fraction of sp³-hybridized carbons (Fsp3) is 0.286. The van der Waals surface area contributed by atoms with Gasteiger partial charge in [-0.15, -0.1) is 0 Å². The first kappa shape index (κ1) is 20.6. The Bertz CT molecular complexity index is 953. The molecule has 29 heavy (non-hydrogen) atoms. The average molecular weight is 403 g/mol. The molecule has 2 atom stereocenters. The number of rotatable bonds is 6. The summed E-state index contributed by atoms with van der Waals surface area (Å²) in [4.78, 5) is 17.0. The molecule has 0 radical (unpaired) electrons. The number of halogens is 3. The van der Waals surface area contributed by atoms with Crippen LogP contribution in [0.25, 0.3) is 11.4 Å². The van der Waals surface area contributed by atoms with E-state index in [1.807, 2.05) is 44.2 Å². The normalized spacial score (nSPS) is 13.7. The SMILES string of the molecule is CC[C@H](C)[C@@H](NC(=O)c1ccc(C(F)(F)F)cc1)c1nc(-c2ccccc2)no1. The van der Waals surface area contributed by atoms with Crippen molar-refractivity contribution in [2.75, 3.05) is 0 Å². The second-order valence-electron chi connectivity index (χ2n) is 6.73. The molecule has 3 aromatic rings. The molecule has 1 N–H and O–H groups in total. The van der Waals surface area contributed by atoms with Crippen molar-refractivity contribution >= 4 is 5.91 Å². The maximum absolute atomic E-state index is 12.7. The van der Waals surface area contributed by atoms with Crippen molar-refractivity contribution in [3.63, 3.8) is 0 Å². The second-order valence-corrected chi connectivity index (χ2v) is 6.73. The molecule has 8 heteroatoms. The summed E-state index contributed by atoms with van der Waals surface area (Å²) in [5.74, 6) is 0.108. The molecule has 0 unspecified atom stereocenters. The van der Waals surface area contributed by atoms with E-state index in [-0.39, 0.29) is 17.4 Å². The highest BCUT2D eigenvalue weighted by Gasteiger charge is 2.31. The molecule has 3 rings (SSSR count). The van der Waals surface area contributed by atoms with Crippen molar-refractivity contribution in [2.45, 2.75) is 32.5 Å². The van der Waals surface area contributed by atoms with Crippen LogP contribution in [0.2, 0.25) is 0 Å². The smallest absolute Gasteiger partial charge is 0.340 e. The summed E-state index contributed by atoms with van der Waals surface area (Å²) in [5, 5.41) is 6.79. The van der Waals surface area contributed by atoms with Gasteiger partial charge < -0.3 is 9.84 Å². The minimum atomic E-state index is -4.45. The monoisotopic (exact) mass is 403 g/mol. The molecule has 1 heterocycles. The molecule has 5 nitrogen and oxygen atoms in total. The number of nitrogens with zero attached hydrogens (tertiary/aromatic N) is 2. The van der Waals surface area contributed by atoms with Crippen LogP contribution in [0, 0.1) is 5.92 Å². The van der Waals surface area contributed by atoms with Crippen LogP contribution in [0.15, 0.2) is 59.1 Å². The van der Waals surface area contributed by atoms with E-state index in [4.69, 9.17) is 4.52 Å². The molecule has 0 saturated heterocycles. The Morgan fingerprint density at radius 1 is 1.10 bits per heavy atom. The van der Waals surface area contributed by atoms with Gasteiger partial charge in [0.2, 0.25) is 11.7 Å². The first-order valence-electron chi connectivity index (χ1n) is 9.16. The Hall–Kier alpha value is -3.16. The Morgan fingerprint density at radius 2 is 1.76 bits per heavy atom. The number of alkyl halides is 3. The van der Waals surface area contributed by atoms with Crippen LogP contribution >= 0.6 is 0 Å². The van der Waals surface area contributed by atoms with Crippen LogP contribution in [0.1, 0.15) is 48.1 Å². The van der Waals surface area contributed by atoms with Gasteiger partial charge in [-0.05, 0) is 30.2 Å². The van der Waals surface area contributed by atoms with Crippen molar-refractivity contribution in [3.8, 4) is 11.4 Å². The van der Waals surface area contributed by atoms with Gasteiger partial charge in [-0.1, -0.05) is 55.8 Å². The largest absolute Gasteiger partial charge is 0.416 e. The van der Waals surface area contributed by atoms with Gasteiger partial charge in [0.1, 0.15) is 6.04 Å². The standard InChI is InChI=1S/C21H20F3N3O2/c1-3-13(2)17(20-26-18(27-29-20)14-7-5-4-6-8-14)25-19(28)15-9-11-16(12-10-15)21(22,23)24/h4-13,17H,3H2,1-2H3,(H,25,28)/t13-,17+/m0/s1. The van der Waals surface area contributed by atoms with Gasteiger partial charge in [0.15, 0.2) is 0 Å². The quantitative estimate of drug-likeness (QED) is 0.609. The maximum Gasteiger partial charge on any atom is 0.416 e. The van der Waals surface area contributed by atoms with Crippen LogP contribution in [0.5, 0.6) is 0 Å². The second kappa shape index (κ2) is 8.46. The summed E-state index contributed by atoms with van der Waals surface area (Å²) < 4.78 is 43.5. The predicted molar refractivity (Wildman–Crippen MR) is 101 cm³/mol. The Kier molecular flexibility index (Phi) is 6.00. The first-order valence-corrected chi connectivity index (χ1v) is 9.16. The zero-order valence-electron chi connectivity index (χ0n) is 15.9. The fourth-order valence-corrected chi connectivity index (χ4v) is 2.78. The topological polar surface area (TPSA) is 68.0 Å². The highest BCUT2D eigenvalue weighted by molar-refractivity contribution is 5.94. The van der Waals surface area contributed by atoms with Crippen molar-refractivity contribution in [1.82, 2.24) is 15.5 Å². The number of amides is 1. The third-order valence-electron chi connectivity index (χ3n) is 4.71. The lowest BCUT2D eigenvalue weighted by atomic mass is 9.98. The van der Waals surface area contributed by atoms with E-state index in [9.17, 15) is 18.0 Å². The summed E-state index contributed by atoms with van der Waals surface area (Å²) >= 11 is 0. The zero-order valence-corrected chi connectivity index (χ0v) is 15.9. The van der Waals surface area contributed by atoms with Crippen LogP contribution in [0.4, 0.5) is 13.2 Å². The number of nitrogens with one attached hydrogen (secondary N) is 1. The molecular weight excluding hydrogens is 383 g/mol. The Labute approximate surface area is 165 Å². The van der Waals surface area contributed by atoms with Crippen LogP contribution in [-0.2, 0) is 6.18 Å². The summed E-state index contributed by atoms with van der Waals surface area (Å²) in [5.41, 5.74) is 0.0884. The lowest BCUT2D eigenvalue weighted by molar-refractivity contribution is -0.137. The highest BCUT2D eigenvalue weighted by Crippen LogP contribution is 2.30. The lowest BCUT2D eigenvalue weighted by Gasteiger charge is -2.21. The van der Waals surface area contributed by atoms with Crippen LogP contribution in [-0.4, -0.2) is 16.0 Å². The summed E-state index contributed by atoms with van der Waals surface area (Å²) in [6.45, 7) is 3.88. The molecule has 0 fully saturated rings. The minimum absolute atomic E-state index is 0.0301. The molecule has 0 aliphatic heterocycles. The third kappa shape index (κ3) is 4.82. The van der Waals surface area contributed by atoms with Crippen LogP contribution in [0.3, 0.4) is 0 Å². The van der Waals surface area contributed by atoms with Crippen molar-refractivity contribution in [2.24, 2.45) is 5.92 Å². The van der Waals surface area contributed by atoms with Crippen molar-refractivity contribution in [1.29, 1.82) is 0 Å². The van der Waals surface area contributed by atoms with E-state index in [2.05, 4.69) is 15.5 Å². The zero-order chi connectivity index (χ0) is 21.0. The molecule has 1 aromatic heterocycles. The van der Waals surface area contributed by atoms with Crippen molar-refractivity contribution < 1.29 is 22.5 Å². The van der Waals surface area contributed by atoms with E-state index in [0.29, 0.717) is 5.82 Å². The van der Waals surface area contributed by atoms with Gasteiger partial charge in [0.25, 0.3) is 5.91 Å². The van der Waals surface area contributed by atoms with E-state index in [1.54, 1.807) is 0 Å². The van der Waals surface area contributed by atoms with Gasteiger partial charge in [0, 0.05) is 11.1 Å². The molecule has 0 spiro atoms. The van der Waals surface area contributed by atoms with E-state index in [1.165, 1.54) is 0 Å². The van der Waals surface area contributed by atoms with Gasteiger partial charge >= 0.3 is 6.18 Å². The van der Waals surface area contributed by atoms with Gasteiger partial charge in [-0.25, -0.2) is 0 Å². The van der Waals surface area contributed by atoms with Crippen molar-refractivity contribution in [3.05, 3.63) is 71.6 Å². The summed E-state index contributed by atoms with van der Waals surface area (Å²) in [6, 6.07) is 12.7. The predicted octanol–water partition coefficient (Wildman–Crippen LogP) is 5.27. The minimum Gasteiger partial charge on any atom is -0.340 e. The van der Waals surface area contributed by atoms with Crippen LogP contribution < -0.4 is 5.32 Å². The molecule has 0 bridgehead atoms. The number of benzene rings is 2. The molecule has 1 amide bonds. The number of carbonyl (C=O) groups is 1. The average Bonchev–Trinajstić information content (AvgIpc) is 3.21. The number of hydrogen-bond donors (Lipinski definition) is 1. The number of hydrogen-bond acceptors (Lipinski definition) is 4. The fourth-order valence-electron chi connectivity index (χ4n) is 2.78. The van der Waals surface area contributed by atoms with Gasteiger partial charge in [0.05, 0.1) is 5.56 Å². The summed E-state index contributed by atoms with van der Waals surface area (Å²) in [7, 11) is 0. The van der Waals surface area contributed by atoms with E-state index < -0.39 is 23.7 Å². The molecule has 0 saturated carbocycles.